The lowest BCUT2D eigenvalue weighted by Gasteiger charge is -2.28. The maximum atomic E-state index is 5.35. The number of hydrogen-bond acceptors (Lipinski definition) is 3. The normalized spacial score (nSPS) is 19.8. The molecule has 0 saturated heterocycles. The Morgan fingerprint density at radius 2 is 1.93 bits per heavy atom. The molecule has 0 amide bonds. The molecule has 3 heteroatoms. The van der Waals surface area contributed by atoms with Crippen molar-refractivity contribution < 1.29 is 4.74 Å². The summed E-state index contributed by atoms with van der Waals surface area (Å²) < 4.78 is 5.35. The van der Waals surface area contributed by atoms with Crippen molar-refractivity contribution in [1.82, 2.24) is 4.90 Å². The summed E-state index contributed by atoms with van der Waals surface area (Å²) in [5, 5.41) is 0. The van der Waals surface area contributed by atoms with E-state index >= 15 is 0 Å². The van der Waals surface area contributed by atoms with Gasteiger partial charge in [0.25, 0.3) is 0 Å². The van der Waals surface area contributed by atoms with Crippen LogP contribution in [0.2, 0.25) is 0 Å². The van der Waals surface area contributed by atoms with Gasteiger partial charge in [-0.2, -0.15) is 0 Å². The van der Waals surface area contributed by atoms with Gasteiger partial charge < -0.3 is 14.5 Å². The largest absolute Gasteiger partial charge is 0.495 e. The second-order valence-electron chi connectivity index (χ2n) is 3.67. The fourth-order valence-electron chi connectivity index (χ4n) is 1.75. The van der Waals surface area contributed by atoms with Gasteiger partial charge in [0.05, 0.1) is 12.8 Å². The van der Waals surface area contributed by atoms with Crippen LogP contribution in [0, 0.1) is 0 Å². The van der Waals surface area contributed by atoms with E-state index in [1.165, 1.54) is 0 Å². The number of anilines is 1. The Balaban J connectivity index is 2.34. The Hall–Kier alpha value is -1.64. The molecule has 80 valence electrons. The fourth-order valence-corrected chi connectivity index (χ4v) is 1.75. The highest BCUT2D eigenvalue weighted by Gasteiger charge is 2.22. The predicted molar refractivity (Wildman–Crippen MR) is 61.8 cm³/mol. The SMILES string of the molecule is COc1ccccc1N1C=CN(C)[C@@H]1C. The van der Waals surface area contributed by atoms with Crippen LogP contribution in [0.15, 0.2) is 36.7 Å². The standard InChI is InChI=1S/C12H16N2O/c1-10-13(2)8-9-14(10)11-6-4-5-7-12(11)15-3/h4-10H,1-3H3/t10-/m0/s1. The maximum absolute atomic E-state index is 5.35. The van der Waals surface area contributed by atoms with E-state index in [4.69, 9.17) is 4.74 Å². The molecule has 1 aliphatic rings. The monoisotopic (exact) mass is 204 g/mol. The molecule has 1 aromatic carbocycles. The van der Waals surface area contributed by atoms with Crippen LogP contribution in [-0.4, -0.2) is 25.2 Å². The summed E-state index contributed by atoms with van der Waals surface area (Å²) in [5.74, 6) is 0.907. The number of para-hydroxylation sites is 2. The van der Waals surface area contributed by atoms with E-state index in [2.05, 4.69) is 42.2 Å². The van der Waals surface area contributed by atoms with Gasteiger partial charge in [-0.1, -0.05) is 12.1 Å². The van der Waals surface area contributed by atoms with E-state index < -0.39 is 0 Å². The van der Waals surface area contributed by atoms with Gasteiger partial charge in [0.1, 0.15) is 11.9 Å². The van der Waals surface area contributed by atoms with Crippen LogP contribution >= 0.6 is 0 Å². The van der Waals surface area contributed by atoms with Gasteiger partial charge in [0.2, 0.25) is 0 Å². The minimum Gasteiger partial charge on any atom is -0.495 e. The van der Waals surface area contributed by atoms with Gasteiger partial charge >= 0.3 is 0 Å². The molecule has 0 saturated carbocycles. The molecule has 0 aliphatic carbocycles. The average Bonchev–Trinajstić information content (AvgIpc) is 2.60. The lowest BCUT2D eigenvalue weighted by molar-refractivity contribution is 0.376. The van der Waals surface area contributed by atoms with E-state index in [1.54, 1.807) is 7.11 Å². The lowest BCUT2D eigenvalue weighted by Crippen LogP contribution is -2.33. The first-order valence-electron chi connectivity index (χ1n) is 5.05. The molecule has 1 aliphatic heterocycles. The average molecular weight is 204 g/mol. The zero-order valence-corrected chi connectivity index (χ0v) is 9.34. The Kier molecular flexibility index (Phi) is 2.54. The minimum absolute atomic E-state index is 0.335. The van der Waals surface area contributed by atoms with Crippen molar-refractivity contribution in [2.24, 2.45) is 0 Å². The van der Waals surface area contributed by atoms with Gasteiger partial charge in [0.15, 0.2) is 0 Å². The van der Waals surface area contributed by atoms with Gasteiger partial charge in [-0.15, -0.1) is 0 Å². The number of rotatable bonds is 2. The molecule has 1 atom stereocenters. The third-order valence-electron chi connectivity index (χ3n) is 2.82. The number of ether oxygens (including phenoxy) is 1. The number of methoxy groups -OCH3 is 1. The van der Waals surface area contributed by atoms with Gasteiger partial charge in [0, 0.05) is 19.4 Å². The molecule has 0 spiro atoms. The molecule has 0 aromatic heterocycles. The van der Waals surface area contributed by atoms with Gasteiger partial charge in [-0.3, -0.25) is 0 Å². The summed E-state index contributed by atoms with van der Waals surface area (Å²) in [5.41, 5.74) is 1.10. The molecule has 0 fully saturated rings. The molecule has 1 aromatic rings. The summed E-state index contributed by atoms with van der Waals surface area (Å²) in [6.07, 6.45) is 4.47. The predicted octanol–water partition coefficient (Wildman–Crippen LogP) is 2.26. The third kappa shape index (κ3) is 1.65. The Bertz CT molecular complexity index is 376. The van der Waals surface area contributed by atoms with Crippen LogP contribution in [0.25, 0.3) is 0 Å². The first-order valence-corrected chi connectivity index (χ1v) is 5.05. The van der Waals surface area contributed by atoms with Crippen LogP contribution in [-0.2, 0) is 0 Å². The van der Waals surface area contributed by atoms with Crippen LogP contribution in [0.4, 0.5) is 5.69 Å². The fraction of sp³-hybridized carbons (Fsp3) is 0.333. The highest BCUT2D eigenvalue weighted by molar-refractivity contribution is 5.61. The molecular formula is C12H16N2O. The molecule has 0 unspecified atom stereocenters. The second kappa shape index (κ2) is 3.85. The van der Waals surface area contributed by atoms with Crippen LogP contribution in [0.5, 0.6) is 5.75 Å². The number of nitrogens with zero attached hydrogens (tertiary/aromatic N) is 2. The van der Waals surface area contributed by atoms with Crippen molar-refractivity contribution in [3.8, 4) is 5.75 Å². The van der Waals surface area contributed by atoms with E-state index in [0.717, 1.165) is 11.4 Å². The van der Waals surface area contributed by atoms with Crippen molar-refractivity contribution >= 4 is 5.69 Å². The maximum Gasteiger partial charge on any atom is 0.142 e. The molecule has 2 rings (SSSR count). The van der Waals surface area contributed by atoms with Crippen LogP contribution in [0.3, 0.4) is 0 Å². The molecule has 0 bridgehead atoms. The topological polar surface area (TPSA) is 15.7 Å². The van der Waals surface area contributed by atoms with Crippen molar-refractivity contribution in [2.75, 3.05) is 19.1 Å². The Morgan fingerprint density at radius 1 is 1.20 bits per heavy atom. The molecule has 0 N–H and O–H groups in total. The summed E-state index contributed by atoms with van der Waals surface area (Å²) >= 11 is 0. The smallest absolute Gasteiger partial charge is 0.142 e. The zero-order chi connectivity index (χ0) is 10.8. The summed E-state index contributed by atoms with van der Waals surface area (Å²) in [4.78, 5) is 4.35. The van der Waals surface area contributed by atoms with Crippen molar-refractivity contribution in [3.63, 3.8) is 0 Å². The van der Waals surface area contributed by atoms with Gasteiger partial charge in [-0.05, 0) is 19.1 Å². The molecule has 1 heterocycles. The quantitative estimate of drug-likeness (QED) is 0.735. The number of hydrogen-bond donors (Lipinski definition) is 0. The van der Waals surface area contributed by atoms with Crippen molar-refractivity contribution in [3.05, 3.63) is 36.7 Å². The Labute approximate surface area is 90.6 Å². The van der Waals surface area contributed by atoms with E-state index in [0.29, 0.717) is 6.17 Å². The first-order chi connectivity index (χ1) is 7.24. The van der Waals surface area contributed by atoms with Crippen LogP contribution < -0.4 is 9.64 Å². The second-order valence-corrected chi connectivity index (χ2v) is 3.67. The summed E-state index contributed by atoms with van der Waals surface area (Å²) in [7, 11) is 3.77. The zero-order valence-electron chi connectivity index (χ0n) is 9.34. The van der Waals surface area contributed by atoms with Crippen molar-refractivity contribution in [1.29, 1.82) is 0 Å². The van der Waals surface area contributed by atoms with Crippen molar-refractivity contribution in [2.45, 2.75) is 13.1 Å². The molecular weight excluding hydrogens is 188 g/mol. The molecule has 15 heavy (non-hydrogen) atoms. The lowest BCUT2D eigenvalue weighted by atomic mass is 10.2. The van der Waals surface area contributed by atoms with Gasteiger partial charge in [-0.25, -0.2) is 0 Å². The summed E-state index contributed by atoms with van der Waals surface area (Å²) in [6.45, 7) is 2.16. The van der Waals surface area contributed by atoms with Crippen LogP contribution in [0.1, 0.15) is 6.92 Å². The van der Waals surface area contributed by atoms with E-state index in [9.17, 15) is 0 Å². The first kappa shape index (κ1) is 9.90. The van der Waals surface area contributed by atoms with E-state index in [1.807, 2.05) is 18.2 Å². The molecule has 0 radical (unpaired) electrons. The Morgan fingerprint density at radius 3 is 2.53 bits per heavy atom. The third-order valence-corrected chi connectivity index (χ3v) is 2.82. The molecule has 3 nitrogen and oxygen atoms in total. The highest BCUT2D eigenvalue weighted by Crippen LogP contribution is 2.31. The minimum atomic E-state index is 0.335. The summed E-state index contributed by atoms with van der Waals surface area (Å²) in [6, 6.07) is 8.06. The highest BCUT2D eigenvalue weighted by atomic mass is 16.5. The van der Waals surface area contributed by atoms with E-state index in [-0.39, 0.29) is 0 Å². The number of benzene rings is 1.